The fourth-order valence-electron chi connectivity index (χ4n) is 11.2. The van der Waals surface area contributed by atoms with Crippen LogP contribution in [0.5, 0.6) is 0 Å². The SMILES string of the molecule is C1=Cc2cccc(-c3ccc(/C4=C/C(c5ccc(-c6ccccc6)cc5)=C\CCC(c5ccc(-c6ccc(-c7nc(-c8ccc(-c9ccccc9)cc8)cc(-c8ccc(-c9cccc%10cccnc9%10)cc8)n7)cc6)cc5)=N4)cc3)c2[NH2+]1. The fourth-order valence-corrected chi connectivity index (χ4v) is 11.2. The largest absolute Gasteiger partial charge is 0.287 e. The number of allylic oxidation sites excluding steroid dienone is 3. The molecule has 0 bridgehead atoms. The Morgan fingerprint density at radius 2 is 0.852 bits per heavy atom. The Hall–Kier alpha value is -10.5. The molecule has 12 aromatic rings. The summed E-state index contributed by atoms with van der Waals surface area (Å²) in [5, 5.41) is 3.32. The maximum absolute atomic E-state index is 5.53. The maximum Gasteiger partial charge on any atom is 0.160 e. The summed E-state index contributed by atoms with van der Waals surface area (Å²) in [5.74, 6) is 0.667. The number of aliphatic imine (C=N–C) groups is 1. The lowest BCUT2D eigenvalue weighted by atomic mass is 9.94. The molecule has 5 nitrogen and oxygen atoms in total. The molecule has 2 aromatic heterocycles. The maximum atomic E-state index is 5.53. The van der Waals surface area contributed by atoms with E-state index in [0.717, 1.165) is 102 Å². The third-order valence-corrected chi connectivity index (χ3v) is 15.6. The van der Waals surface area contributed by atoms with E-state index >= 15 is 0 Å². The van der Waals surface area contributed by atoms with Crippen molar-refractivity contribution in [1.82, 2.24) is 15.0 Å². The Morgan fingerprint density at radius 1 is 0.370 bits per heavy atom. The quantitative estimate of drug-likeness (QED) is 0.131. The van der Waals surface area contributed by atoms with E-state index < -0.39 is 0 Å². The molecule has 0 unspecified atom stereocenters. The number of nitrogens with zero attached hydrogens (tertiary/aromatic N) is 4. The van der Waals surface area contributed by atoms with Gasteiger partial charge < -0.3 is 0 Å². The molecule has 0 radical (unpaired) electrons. The summed E-state index contributed by atoms with van der Waals surface area (Å²) in [6.45, 7) is 0. The Morgan fingerprint density at radius 3 is 1.47 bits per heavy atom. The minimum Gasteiger partial charge on any atom is -0.287 e. The van der Waals surface area contributed by atoms with E-state index in [1.165, 1.54) is 50.2 Å². The summed E-state index contributed by atoms with van der Waals surface area (Å²) >= 11 is 0. The zero-order chi connectivity index (χ0) is 53.9. The third-order valence-electron chi connectivity index (χ3n) is 15.6. The van der Waals surface area contributed by atoms with Crippen LogP contribution < -0.4 is 5.32 Å². The molecular formula is C76H54N5+. The molecule has 0 atom stereocenters. The van der Waals surface area contributed by atoms with E-state index in [0.29, 0.717) is 5.82 Å². The predicted octanol–water partition coefficient (Wildman–Crippen LogP) is 18.2. The summed E-state index contributed by atoms with van der Waals surface area (Å²) in [7, 11) is 0. The lowest BCUT2D eigenvalue weighted by molar-refractivity contribution is -0.490. The van der Waals surface area contributed by atoms with E-state index in [-0.39, 0.29) is 0 Å². The first-order chi connectivity index (χ1) is 40.1. The van der Waals surface area contributed by atoms with Gasteiger partial charge in [0, 0.05) is 62.3 Å². The summed E-state index contributed by atoms with van der Waals surface area (Å²) in [4.78, 5) is 20.7. The highest BCUT2D eigenvalue weighted by Crippen LogP contribution is 2.37. The summed E-state index contributed by atoms with van der Waals surface area (Å²) in [5.41, 5.74) is 26.4. The molecule has 2 aliphatic heterocycles. The molecule has 2 aliphatic rings. The van der Waals surface area contributed by atoms with Crippen molar-refractivity contribution >= 4 is 39.6 Å². The first-order valence-electron chi connectivity index (χ1n) is 27.7. The number of benzene rings is 10. The number of hydrogen-bond acceptors (Lipinski definition) is 4. The van der Waals surface area contributed by atoms with Crippen LogP contribution in [0, 0.1) is 0 Å². The number of rotatable bonds is 11. The van der Waals surface area contributed by atoms with Gasteiger partial charge in [-0.3, -0.25) is 15.3 Å². The van der Waals surface area contributed by atoms with Gasteiger partial charge in [0.1, 0.15) is 5.69 Å². The normalized spacial score (nSPS) is 14.2. The molecule has 0 fully saturated rings. The number of fused-ring (bicyclic) bond motifs is 2. The van der Waals surface area contributed by atoms with Gasteiger partial charge in [0.15, 0.2) is 5.82 Å². The van der Waals surface area contributed by atoms with Gasteiger partial charge >= 0.3 is 0 Å². The van der Waals surface area contributed by atoms with Crippen molar-refractivity contribution in [3.8, 4) is 89.5 Å². The second-order valence-corrected chi connectivity index (χ2v) is 20.7. The van der Waals surface area contributed by atoms with E-state index in [9.17, 15) is 0 Å². The summed E-state index contributed by atoms with van der Waals surface area (Å²) in [6, 6.07) is 92.8. The molecule has 0 spiro atoms. The van der Waals surface area contributed by atoms with Crippen LogP contribution >= 0.6 is 0 Å². The van der Waals surface area contributed by atoms with E-state index in [1.807, 2.05) is 18.3 Å². The smallest absolute Gasteiger partial charge is 0.160 e. The Balaban J connectivity index is 0.764. The number of nitrogens with two attached hydrogens (primary N) is 1. The van der Waals surface area contributed by atoms with E-state index in [4.69, 9.17) is 19.9 Å². The van der Waals surface area contributed by atoms with Crippen molar-refractivity contribution in [3.05, 3.63) is 308 Å². The molecule has 4 heterocycles. The Labute approximate surface area is 472 Å². The van der Waals surface area contributed by atoms with Gasteiger partial charge in [-0.1, -0.05) is 243 Å². The van der Waals surface area contributed by atoms with Crippen LogP contribution in [0.25, 0.3) is 118 Å². The van der Waals surface area contributed by atoms with Crippen LogP contribution in [0.4, 0.5) is 5.69 Å². The van der Waals surface area contributed by atoms with Crippen LogP contribution in [-0.4, -0.2) is 20.7 Å². The monoisotopic (exact) mass is 1040 g/mol. The Kier molecular flexibility index (Phi) is 13.1. The summed E-state index contributed by atoms with van der Waals surface area (Å²) in [6.07, 6.45) is 12.5. The van der Waals surface area contributed by atoms with Crippen molar-refractivity contribution < 1.29 is 5.32 Å². The minimum absolute atomic E-state index is 0.667. The topological polar surface area (TPSA) is 67.6 Å². The van der Waals surface area contributed by atoms with Gasteiger partial charge in [0.05, 0.1) is 28.8 Å². The molecule has 0 aliphatic carbocycles. The van der Waals surface area contributed by atoms with Crippen molar-refractivity contribution in [2.75, 3.05) is 0 Å². The van der Waals surface area contributed by atoms with E-state index in [1.54, 1.807) is 0 Å². The van der Waals surface area contributed by atoms with Crippen LogP contribution in [0.15, 0.2) is 290 Å². The standard InChI is InChI=1S/C76H53N5/c1-3-11-51(12-4-1)53-22-24-57(25-23-53)67-17-9-21-70(79-71(49-67)61-40-32-59(33-41-61)69-20-8-16-65-46-48-78-75(65)69)60-36-26-55(27-37-60)56-30-44-66(45-31-56)76-80-72(62-38-28-54(29-39-62)52-13-5-2-6-14-52)50-73(81-76)63-42-34-58(35-43-63)68-19-7-15-64-18-10-47-77-74(64)68/h1-8,10-20,22-50,78H,9,21H2/p+1/b67-17+,71-49-,79-70?. The molecule has 5 heteroatoms. The molecule has 0 saturated carbocycles. The van der Waals surface area contributed by atoms with Crippen LogP contribution in [-0.2, 0) is 0 Å². The van der Waals surface area contributed by atoms with Crippen LogP contribution in [0.1, 0.15) is 35.1 Å². The molecule has 0 amide bonds. The van der Waals surface area contributed by atoms with Crippen molar-refractivity contribution in [3.63, 3.8) is 0 Å². The molecule has 14 rings (SSSR count). The van der Waals surface area contributed by atoms with Gasteiger partial charge in [-0.2, -0.15) is 0 Å². The first kappa shape index (κ1) is 48.9. The van der Waals surface area contributed by atoms with Crippen LogP contribution in [0.3, 0.4) is 0 Å². The molecule has 81 heavy (non-hydrogen) atoms. The van der Waals surface area contributed by atoms with Crippen molar-refractivity contribution in [1.29, 1.82) is 0 Å². The van der Waals surface area contributed by atoms with Gasteiger partial charge in [0.25, 0.3) is 0 Å². The summed E-state index contributed by atoms with van der Waals surface area (Å²) < 4.78 is 0. The van der Waals surface area contributed by atoms with Gasteiger partial charge in [0.2, 0.25) is 0 Å². The zero-order valence-corrected chi connectivity index (χ0v) is 44.5. The molecule has 10 aromatic carbocycles. The van der Waals surface area contributed by atoms with Gasteiger partial charge in [-0.05, 0) is 104 Å². The number of hydrogen-bond donors (Lipinski definition) is 1. The second kappa shape index (κ2) is 21.8. The number of quaternary nitrogens is 1. The number of para-hydroxylation sites is 2. The molecule has 382 valence electrons. The number of pyridine rings is 1. The van der Waals surface area contributed by atoms with Gasteiger partial charge in [-0.15, -0.1) is 0 Å². The molecular weight excluding hydrogens is 983 g/mol. The van der Waals surface area contributed by atoms with E-state index in [2.05, 4.69) is 278 Å². The minimum atomic E-state index is 0.667. The highest BCUT2D eigenvalue weighted by molar-refractivity contribution is 6.05. The predicted molar refractivity (Wildman–Crippen MR) is 336 cm³/mol. The highest BCUT2D eigenvalue weighted by Gasteiger charge is 2.19. The molecule has 0 saturated heterocycles. The number of aromatic nitrogens is 3. The highest BCUT2D eigenvalue weighted by atomic mass is 14.9. The lowest BCUT2D eigenvalue weighted by Crippen LogP contribution is -2.69. The second-order valence-electron chi connectivity index (χ2n) is 20.7. The van der Waals surface area contributed by atoms with Crippen molar-refractivity contribution in [2.45, 2.75) is 12.8 Å². The third kappa shape index (κ3) is 10.2. The van der Waals surface area contributed by atoms with Crippen molar-refractivity contribution in [2.24, 2.45) is 4.99 Å². The lowest BCUT2D eigenvalue weighted by Gasteiger charge is -2.15. The van der Waals surface area contributed by atoms with Crippen LogP contribution in [0.2, 0.25) is 0 Å². The average molecular weight is 1040 g/mol. The molecule has 2 N–H and O–H groups in total. The first-order valence-corrected chi connectivity index (χ1v) is 27.7. The average Bonchev–Trinajstić information content (AvgIpc) is 4.04. The Bertz CT molecular complexity index is 4380. The van der Waals surface area contributed by atoms with Gasteiger partial charge in [-0.25, -0.2) is 9.97 Å². The zero-order valence-electron chi connectivity index (χ0n) is 44.5. The fraction of sp³-hybridized carbons (Fsp3) is 0.0263.